The van der Waals surface area contributed by atoms with Gasteiger partial charge >= 0.3 is 0 Å². The number of rotatable bonds is 6. The lowest BCUT2D eigenvalue weighted by molar-refractivity contribution is -0.384. The summed E-state index contributed by atoms with van der Waals surface area (Å²) in [6.45, 7) is 8.41. The molecule has 0 fully saturated rings. The van der Waals surface area contributed by atoms with Crippen LogP contribution in [0, 0.1) is 10.1 Å². The molecular formula is C14H22N2O3. The average Bonchev–Trinajstić information content (AvgIpc) is 2.39. The largest absolute Gasteiger partial charge is 0.389 e. The fraction of sp³-hybridized carbons (Fsp3) is 0.571. The summed E-state index contributed by atoms with van der Waals surface area (Å²) < 4.78 is 0. The van der Waals surface area contributed by atoms with Crippen LogP contribution in [0.5, 0.6) is 0 Å². The van der Waals surface area contributed by atoms with Gasteiger partial charge < -0.3 is 10.0 Å². The Labute approximate surface area is 114 Å². The average molecular weight is 266 g/mol. The van der Waals surface area contributed by atoms with Crippen molar-refractivity contribution in [3.05, 3.63) is 33.9 Å². The Balaban J connectivity index is 3.29. The van der Waals surface area contributed by atoms with Crippen LogP contribution in [0.3, 0.4) is 0 Å². The number of nitro benzene ring substituents is 1. The highest BCUT2D eigenvalue weighted by molar-refractivity contribution is 5.65. The van der Waals surface area contributed by atoms with Crippen molar-refractivity contribution in [2.24, 2.45) is 0 Å². The lowest BCUT2D eigenvalue weighted by atomic mass is 10.1. The van der Waals surface area contributed by atoms with E-state index in [1.165, 1.54) is 6.07 Å². The Hall–Kier alpha value is -1.62. The van der Waals surface area contributed by atoms with Crippen molar-refractivity contribution in [2.75, 3.05) is 11.4 Å². The molecule has 2 atom stereocenters. The third kappa shape index (κ3) is 3.44. The molecular weight excluding hydrogens is 244 g/mol. The summed E-state index contributed by atoms with van der Waals surface area (Å²) in [6.07, 6.45) is 0.217. The van der Waals surface area contributed by atoms with E-state index >= 15 is 0 Å². The fourth-order valence-corrected chi connectivity index (χ4v) is 2.13. The Morgan fingerprint density at radius 3 is 2.42 bits per heavy atom. The van der Waals surface area contributed by atoms with Crippen LogP contribution in [-0.2, 0) is 0 Å². The maximum atomic E-state index is 11.2. The van der Waals surface area contributed by atoms with Crippen LogP contribution >= 0.6 is 0 Å². The second-order valence-electron chi connectivity index (χ2n) is 4.72. The van der Waals surface area contributed by atoms with Gasteiger partial charge in [0.1, 0.15) is 5.69 Å². The Morgan fingerprint density at radius 1 is 1.37 bits per heavy atom. The van der Waals surface area contributed by atoms with Gasteiger partial charge in [-0.3, -0.25) is 10.1 Å². The van der Waals surface area contributed by atoms with Crippen LogP contribution in [0.1, 0.15) is 45.8 Å². The summed E-state index contributed by atoms with van der Waals surface area (Å²) >= 11 is 0. The summed E-state index contributed by atoms with van der Waals surface area (Å²) in [4.78, 5) is 12.9. The summed E-state index contributed by atoms with van der Waals surface area (Å²) in [5.41, 5.74) is 1.24. The molecule has 0 saturated heterocycles. The molecule has 1 aromatic rings. The smallest absolute Gasteiger partial charge is 0.292 e. The van der Waals surface area contributed by atoms with Gasteiger partial charge in [0.2, 0.25) is 0 Å². The van der Waals surface area contributed by atoms with Gasteiger partial charge in [0.25, 0.3) is 5.69 Å². The normalized spacial score (nSPS) is 13.9. The van der Waals surface area contributed by atoms with E-state index in [-0.39, 0.29) is 16.7 Å². The van der Waals surface area contributed by atoms with E-state index in [2.05, 4.69) is 13.8 Å². The van der Waals surface area contributed by atoms with Gasteiger partial charge in [0, 0.05) is 18.7 Å². The molecule has 0 amide bonds. The zero-order valence-electron chi connectivity index (χ0n) is 12.0. The van der Waals surface area contributed by atoms with Crippen LogP contribution in [-0.4, -0.2) is 22.6 Å². The molecule has 1 rings (SSSR count). The van der Waals surface area contributed by atoms with Gasteiger partial charge in [0.15, 0.2) is 0 Å². The van der Waals surface area contributed by atoms with Gasteiger partial charge in [-0.1, -0.05) is 13.0 Å². The monoisotopic (exact) mass is 266 g/mol. The summed E-state index contributed by atoms with van der Waals surface area (Å²) in [7, 11) is 0. The number of hydrogen-bond donors (Lipinski definition) is 1. The quantitative estimate of drug-likeness (QED) is 0.634. The van der Waals surface area contributed by atoms with E-state index in [0.29, 0.717) is 17.8 Å². The predicted molar refractivity (Wildman–Crippen MR) is 76.5 cm³/mol. The summed E-state index contributed by atoms with van der Waals surface area (Å²) in [5.74, 6) is 0. The molecule has 1 N–H and O–H groups in total. The minimum atomic E-state index is -0.702. The molecule has 0 aromatic heterocycles. The van der Waals surface area contributed by atoms with Gasteiger partial charge in [-0.25, -0.2) is 0 Å². The number of hydrogen-bond acceptors (Lipinski definition) is 4. The Kier molecular flexibility index (Phi) is 5.30. The molecule has 1 unspecified atom stereocenters. The molecule has 0 bridgehead atoms. The highest BCUT2D eigenvalue weighted by Crippen LogP contribution is 2.32. The fourth-order valence-electron chi connectivity index (χ4n) is 2.13. The first-order valence-electron chi connectivity index (χ1n) is 6.65. The maximum Gasteiger partial charge on any atom is 0.292 e. The molecule has 0 saturated carbocycles. The van der Waals surface area contributed by atoms with Crippen molar-refractivity contribution in [1.29, 1.82) is 0 Å². The van der Waals surface area contributed by atoms with Crippen molar-refractivity contribution < 1.29 is 10.0 Å². The van der Waals surface area contributed by atoms with E-state index in [4.69, 9.17) is 0 Å². The molecule has 0 heterocycles. The van der Waals surface area contributed by atoms with Crippen LogP contribution < -0.4 is 4.90 Å². The van der Waals surface area contributed by atoms with Crippen LogP contribution in [0.15, 0.2) is 18.2 Å². The molecule has 19 heavy (non-hydrogen) atoms. The van der Waals surface area contributed by atoms with Gasteiger partial charge in [0.05, 0.1) is 11.0 Å². The van der Waals surface area contributed by atoms with Crippen LogP contribution in [0.2, 0.25) is 0 Å². The highest BCUT2D eigenvalue weighted by atomic mass is 16.6. The van der Waals surface area contributed by atoms with E-state index in [9.17, 15) is 15.2 Å². The Bertz CT molecular complexity index is 446. The van der Waals surface area contributed by atoms with Crippen LogP contribution in [0.4, 0.5) is 11.4 Å². The van der Waals surface area contributed by atoms with Crippen molar-refractivity contribution in [1.82, 2.24) is 0 Å². The van der Waals surface area contributed by atoms with Crippen molar-refractivity contribution in [3.8, 4) is 0 Å². The number of aliphatic hydroxyl groups excluding tert-OH is 1. The second kappa shape index (κ2) is 6.52. The molecule has 0 spiro atoms. The molecule has 0 aliphatic carbocycles. The zero-order valence-corrected chi connectivity index (χ0v) is 12.0. The van der Waals surface area contributed by atoms with Crippen molar-refractivity contribution >= 4 is 11.4 Å². The topological polar surface area (TPSA) is 66.6 Å². The minimum absolute atomic E-state index is 0.0561. The molecule has 0 radical (unpaired) electrons. The van der Waals surface area contributed by atoms with Crippen molar-refractivity contribution in [3.63, 3.8) is 0 Å². The number of benzene rings is 1. The van der Waals surface area contributed by atoms with Crippen molar-refractivity contribution in [2.45, 2.75) is 46.3 Å². The summed E-state index contributed by atoms with van der Waals surface area (Å²) in [6, 6.07) is 5.18. The second-order valence-corrected chi connectivity index (χ2v) is 4.72. The highest BCUT2D eigenvalue weighted by Gasteiger charge is 2.22. The standard InChI is InChI=1S/C14H22N2O3/c1-5-10(3)15(6-2)13-8-7-12(11(4)17)9-14(13)16(18)19/h7-11,17H,5-6H2,1-4H3/t10?,11-/m1/s1. The first-order chi connectivity index (χ1) is 8.92. The molecule has 0 aliphatic heterocycles. The lowest BCUT2D eigenvalue weighted by Crippen LogP contribution is -2.32. The minimum Gasteiger partial charge on any atom is -0.389 e. The molecule has 1 aromatic carbocycles. The number of aliphatic hydroxyl groups is 1. The SMILES string of the molecule is CCC(C)N(CC)c1ccc([C@@H](C)O)cc1[N+](=O)[O-]. The van der Waals surface area contributed by atoms with E-state index in [0.717, 1.165) is 6.42 Å². The number of nitro groups is 1. The van der Waals surface area contributed by atoms with E-state index in [1.807, 2.05) is 11.8 Å². The first-order valence-corrected chi connectivity index (χ1v) is 6.65. The van der Waals surface area contributed by atoms with Gasteiger partial charge in [-0.15, -0.1) is 0 Å². The molecule has 5 nitrogen and oxygen atoms in total. The number of nitrogens with zero attached hydrogens (tertiary/aromatic N) is 2. The third-order valence-electron chi connectivity index (χ3n) is 3.45. The van der Waals surface area contributed by atoms with E-state index < -0.39 is 6.10 Å². The zero-order chi connectivity index (χ0) is 14.6. The first kappa shape index (κ1) is 15.4. The lowest BCUT2D eigenvalue weighted by Gasteiger charge is -2.29. The molecule has 0 aliphatic rings. The molecule has 106 valence electrons. The predicted octanol–water partition coefficient (Wildman–Crippen LogP) is 3.27. The van der Waals surface area contributed by atoms with Gasteiger partial charge in [-0.05, 0) is 38.8 Å². The van der Waals surface area contributed by atoms with Crippen LogP contribution in [0.25, 0.3) is 0 Å². The maximum absolute atomic E-state index is 11.2. The van der Waals surface area contributed by atoms with Gasteiger partial charge in [-0.2, -0.15) is 0 Å². The number of anilines is 1. The third-order valence-corrected chi connectivity index (χ3v) is 3.45. The summed E-state index contributed by atoms with van der Waals surface area (Å²) in [5, 5.41) is 20.8. The Morgan fingerprint density at radius 2 is 2.00 bits per heavy atom. The van der Waals surface area contributed by atoms with E-state index in [1.54, 1.807) is 19.1 Å². The molecule has 5 heteroatoms.